The molecule has 0 spiro atoms. The van der Waals surface area contributed by atoms with Crippen molar-refractivity contribution in [2.45, 2.75) is 96.7 Å². The minimum Gasteiger partial charge on any atom is -0.456 e. The zero-order chi connectivity index (χ0) is 19.9. The number of hydrogen-bond acceptors (Lipinski definition) is 4. The van der Waals surface area contributed by atoms with Crippen LogP contribution in [0.25, 0.3) is 0 Å². The largest absolute Gasteiger partial charge is 0.456 e. The molecule has 26 heavy (non-hydrogen) atoms. The van der Waals surface area contributed by atoms with Crippen LogP contribution in [0, 0.1) is 0 Å². The molecular weight excluding hydrogens is 346 g/mol. The second-order valence-electron chi connectivity index (χ2n) is 10.2. The summed E-state index contributed by atoms with van der Waals surface area (Å²) in [6.45, 7) is 17.5. The Kier molecular flexibility index (Phi) is 5.67. The van der Waals surface area contributed by atoms with Crippen LogP contribution in [0.3, 0.4) is 0 Å². The molecular formula is C20H35NO4Si. The van der Waals surface area contributed by atoms with Gasteiger partial charge in [-0.3, -0.25) is 0 Å². The lowest BCUT2D eigenvalue weighted by Gasteiger charge is -2.34. The Morgan fingerprint density at radius 2 is 1.85 bits per heavy atom. The van der Waals surface area contributed by atoms with Crippen molar-refractivity contribution in [1.82, 2.24) is 4.90 Å². The van der Waals surface area contributed by atoms with Gasteiger partial charge in [-0.15, -0.1) is 0 Å². The number of likely N-dealkylation sites (tertiary alicyclic amines) is 1. The molecule has 0 aromatic carbocycles. The van der Waals surface area contributed by atoms with Gasteiger partial charge in [-0.2, -0.15) is 0 Å². The molecule has 0 aromatic rings. The summed E-state index contributed by atoms with van der Waals surface area (Å²) in [5.74, 6) is -0.212. The van der Waals surface area contributed by atoms with Crippen LogP contribution in [0.15, 0.2) is 11.3 Å². The van der Waals surface area contributed by atoms with E-state index in [-0.39, 0.29) is 29.2 Å². The van der Waals surface area contributed by atoms with Crippen LogP contribution in [-0.2, 0) is 14.3 Å². The number of nitrogens with zero attached hydrogens (tertiary/aromatic N) is 1. The van der Waals surface area contributed by atoms with Gasteiger partial charge in [0.15, 0.2) is 0 Å². The maximum atomic E-state index is 12.5. The number of hydrogen-bond donors (Lipinski definition) is 0. The van der Waals surface area contributed by atoms with Crippen molar-refractivity contribution in [3.63, 3.8) is 0 Å². The van der Waals surface area contributed by atoms with Gasteiger partial charge in [0.2, 0.25) is 0 Å². The summed E-state index contributed by atoms with van der Waals surface area (Å²) >= 11 is 0. The highest BCUT2D eigenvalue weighted by molar-refractivity contribution is 6.85. The average Bonchev–Trinajstić information content (AvgIpc) is 3.02. The molecule has 2 aliphatic rings. The van der Waals surface area contributed by atoms with E-state index in [0.29, 0.717) is 13.0 Å². The lowest BCUT2D eigenvalue weighted by atomic mass is 10.0. The Hall–Kier alpha value is -1.30. The molecule has 2 atom stereocenters. The van der Waals surface area contributed by atoms with E-state index in [2.05, 4.69) is 39.6 Å². The van der Waals surface area contributed by atoms with Crippen molar-refractivity contribution in [3.05, 3.63) is 11.3 Å². The first-order valence-electron chi connectivity index (χ1n) is 9.64. The molecule has 2 heterocycles. The number of carbonyl (C=O) groups excluding carboxylic acids is 2. The van der Waals surface area contributed by atoms with Crippen LogP contribution < -0.4 is 0 Å². The Labute approximate surface area is 159 Å². The SMILES string of the molecule is CC(C)(C)OC(=O)N1CCC[C@H]1[C@@H]1C/C(=C\[Si](C)(C)C(C)(C)C)C(=O)O1. The molecule has 148 valence electrons. The number of cyclic esters (lactones) is 1. The van der Waals surface area contributed by atoms with Crippen molar-refractivity contribution < 1.29 is 19.1 Å². The highest BCUT2D eigenvalue weighted by Gasteiger charge is 2.44. The molecule has 0 saturated carbocycles. The molecule has 2 fully saturated rings. The highest BCUT2D eigenvalue weighted by Crippen LogP contribution is 2.39. The van der Waals surface area contributed by atoms with Crippen molar-refractivity contribution in [2.24, 2.45) is 0 Å². The number of amides is 1. The molecule has 0 aromatic heterocycles. The van der Waals surface area contributed by atoms with E-state index in [9.17, 15) is 9.59 Å². The first-order valence-corrected chi connectivity index (χ1v) is 12.7. The van der Waals surface area contributed by atoms with E-state index in [1.165, 1.54) is 0 Å². The van der Waals surface area contributed by atoms with Gasteiger partial charge < -0.3 is 14.4 Å². The molecule has 0 bridgehead atoms. The van der Waals surface area contributed by atoms with Gasteiger partial charge in [0, 0.05) is 18.5 Å². The Bertz CT molecular complexity index is 598. The fraction of sp³-hybridized carbons (Fsp3) is 0.800. The molecule has 5 nitrogen and oxygen atoms in total. The van der Waals surface area contributed by atoms with Gasteiger partial charge in [0.1, 0.15) is 11.7 Å². The van der Waals surface area contributed by atoms with Gasteiger partial charge in [-0.1, -0.05) is 39.6 Å². The van der Waals surface area contributed by atoms with Crippen LogP contribution in [-0.4, -0.2) is 49.3 Å². The van der Waals surface area contributed by atoms with Crippen LogP contribution in [0.4, 0.5) is 4.79 Å². The summed E-state index contributed by atoms with van der Waals surface area (Å²) in [5.41, 5.74) is 2.46. The minimum atomic E-state index is -1.72. The van der Waals surface area contributed by atoms with Crippen LogP contribution >= 0.6 is 0 Å². The third kappa shape index (κ3) is 4.70. The third-order valence-electron chi connectivity index (χ3n) is 5.77. The first kappa shape index (κ1) is 21.0. The maximum Gasteiger partial charge on any atom is 0.410 e. The molecule has 0 radical (unpaired) electrons. The van der Waals surface area contributed by atoms with E-state index >= 15 is 0 Å². The van der Waals surface area contributed by atoms with E-state index in [4.69, 9.17) is 9.47 Å². The zero-order valence-corrected chi connectivity index (χ0v) is 18.6. The van der Waals surface area contributed by atoms with Crippen LogP contribution in [0.2, 0.25) is 18.1 Å². The molecule has 1 amide bonds. The predicted molar refractivity (Wildman–Crippen MR) is 106 cm³/mol. The zero-order valence-electron chi connectivity index (χ0n) is 17.6. The third-order valence-corrected chi connectivity index (χ3v) is 10.7. The summed E-state index contributed by atoms with van der Waals surface area (Å²) in [7, 11) is -1.72. The van der Waals surface area contributed by atoms with Gasteiger partial charge in [-0.05, 0) is 38.7 Å². The van der Waals surface area contributed by atoms with Gasteiger partial charge in [0.05, 0.1) is 14.1 Å². The van der Waals surface area contributed by atoms with E-state index in [0.717, 1.165) is 18.4 Å². The minimum absolute atomic E-state index is 0.0842. The van der Waals surface area contributed by atoms with Crippen LogP contribution in [0.5, 0.6) is 0 Å². The summed E-state index contributed by atoms with van der Waals surface area (Å²) in [6.07, 6.45) is 1.80. The summed E-state index contributed by atoms with van der Waals surface area (Å²) in [4.78, 5) is 26.7. The van der Waals surface area contributed by atoms with Crippen molar-refractivity contribution >= 4 is 20.1 Å². The number of ether oxygens (including phenoxy) is 2. The Balaban J connectivity index is 2.13. The summed E-state index contributed by atoms with van der Waals surface area (Å²) in [6, 6.07) is -0.0842. The van der Waals surface area contributed by atoms with Crippen molar-refractivity contribution in [2.75, 3.05) is 6.54 Å². The number of rotatable bonds is 2. The predicted octanol–water partition coefficient (Wildman–Crippen LogP) is 4.68. The van der Waals surface area contributed by atoms with Gasteiger partial charge >= 0.3 is 12.1 Å². The quantitative estimate of drug-likeness (QED) is 0.396. The Morgan fingerprint density at radius 3 is 2.38 bits per heavy atom. The van der Waals surface area contributed by atoms with E-state index in [1.807, 2.05) is 20.8 Å². The lowest BCUT2D eigenvalue weighted by Crippen LogP contribution is -2.45. The van der Waals surface area contributed by atoms with Gasteiger partial charge in [0.25, 0.3) is 0 Å². The first-order chi connectivity index (χ1) is 11.7. The lowest BCUT2D eigenvalue weighted by molar-refractivity contribution is -0.140. The van der Waals surface area contributed by atoms with Crippen molar-refractivity contribution in [1.29, 1.82) is 0 Å². The fourth-order valence-corrected chi connectivity index (χ4v) is 4.81. The average molecular weight is 382 g/mol. The molecule has 2 rings (SSSR count). The highest BCUT2D eigenvalue weighted by atomic mass is 28.3. The molecule has 0 aliphatic carbocycles. The molecule has 0 N–H and O–H groups in total. The smallest absolute Gasteiger partial charge is 0.410 e. The molecule has 2 aliphatic heterocycles. The second kappa shape index (κ2) is 7.02. The second-order valence-corrected chi connectivity index (χ2v) is 15.4. The maximum absolute atomic E-state index is 12.5. The van der Waals surface area contributed by atoms with Crippen molar-refractivity contribution in [3.8, 4) is 0 Å². The standard InChI is InChI=1S/C20H35NO4Si/c1-19(2,3)25-18(23)21-11-9-10-15(21)16-12-14(17(22)24-16)13-26(7,8)20(4,5)6/h13,15-16H,9-12H2,1-8H3/b14-13+/t15-,16-/m0/s1. The summed E-state index contributed by atoms with van der Waals surface area (Å²) < 4.78 is 11.2. The molecule has 6 heteroatoms. The summed E-state index contributed by atoms with van der Waals surface area (Å²) in [5, 5.41) is 0.175. The normalized spacial score (nSPS) is 26.4. The monoisotopic (exact) mass is 381 g/mol. The number of esters is 1. The molecule has 2 saturated heterocycles. The van der Waals surface area contributed by atoms with Gasteiger partial charge in [-0.25, -0.2) is 9.59 Å². The fourth-order valence-electron chi connectivity index (χ4n) is 3.27. The molecule has 0 unspecified atom stereocenters. The topological polar surface area (TPSA) is 55.8 Å². The van der Waals surface area contributed by atoms with E-state index < -0.39 is 13.7 Å². The Morgan fingerprint density at radius 1 is 1.23 bits per heavy atom. The van der Waals surface area contributed by atoms with E-state index in [1.54, 1.807) is 4.90 Å². The van der Waals surface area contributed by atoms with Crippen LogP contribution in [0.1, 0.15) is 60.8 Å². The number of carbonyl (C=O) groups is 2.